The number of nitrogens with zero attached hydrogens (tertiary/aromatic N) is 1. The number of imidazole rings is 1. The fourth-order valence-corrected chi connectivity index (χ4v) is 3.37. The van der Waals surface area contributed by atoms with Crippen molar-refractivity contribution in [1.29, 1.82) is 0 Å². The minimum absolute atomic E-state index is 0.469. The van der Waals surface area contributed by atoms with Crippen LogP contribution >= 0.6 is 11.8 Å². The molecule has 0 aliphatic rings. The number of aromatic nitrogens is 2. The predicted octanol–water partition coefficient (Wildman–Crippen LogP) is 3.97. The zero-order chi connectivity index (χ0) is 16.4. The summed E-state index contributed by atoms with van der Waals surface area (Å²) in [5, 5.41) is 9.58. The van der Waals surface area contributed by atoms with E-state index in [0.29, 0.717) is 11.6 Å². The highest BCUT2D eigenvalue weighted by molar-refractivity contribution is 8.00. The lowest BCUT2D eigenvalue weighted by Gasteiger charge is -2.10. The Kier molecular flexibility index (Phi) is 4.39. The Balaban J connectivity index is 1.80. The van der Waals surface area contributed by atoms with Crippen molar-refractivity contribution in [3.05, 3.63) is 59.2 Å². The second kappa shape index (κ2) is 6.46. The number of H-pyrrole nitrogens is 1. The summed E-state index contributed by atoms with van der Waals surface area (Å²) in [5.74, 6) is -0.827. The fraction of sp³-hybridized carbons (Fsp3) is 0.222. The van der Waals surface area contributed by atoms with Gasteiger partial charge >= 0.3 is 5.97 Å². The summed E-state index contributed by atoms with van der Waals surface area (Å²) in [6.45, 7) is 4.04. The Bertz CT molecular complexity index is 840. The lowest BCUT2D eigenvalue weighted by molar-refractivity contribution is -0.136. The van der Waals surface area contributed by atoms with Crippen molar-refractivity contribution in [2.24, 2.45) is 0 Å². The van der Waals surface area contributed by atoms with Crippen LogP contribution in [0.3, 0.4) is 0 Å². The first-order valence-electron chi connectivity index (χ1n) is 7.42. The summed E-state index contributed by atoms with van der Waals surface area (Å²) >= 11 is 1.26. The van der Waals surface area contributed by atoms with Crippen LogP contribution in [0.15, 0.2) is 47.6 Å². The van der Waals surface area contributed by atoms with Gasteiger partial charge in [0.05, 0.1) is 11.0 Å². The van der Waals surface area contributed by atoms with Crippen LogP contribution in [-0.2, 0) is 11.2 Å². The molecule has 1 aromatic heterocycles. The van der Waals surface area contributed by atoms with E-state index >= 15 is 0 Å². The Morgan fingerprint density at radius 2 is 1.87 bits per heavy atom. The number of aliphatic carboxylic acids is 1. The number of rotatable bonds is 5. The minimum atomic E-state index is -0.827. The number of carboxylic acid groups (broad SMARTS) is 1. The van der Waals surface area contributed by atoms with E-state index < -0.39 is 11.2 Å². The molecule has 0 amide bonds. The molecule has 0 aliphatic heterocycles. The highest BCUT2D eigenvalue weighted by atomic mass is 32.2. The first kappa shape index (κ1) is 15.6. The summed E-state index contributed by atoms with van der Waals surface area (Å²) in [5.41, 5.74) is 5.13. The summed E-state index contributed by atoms with van der Waals surface area (Å²) in [6.07, 6.45) is 0.469. The van der Waals surface area contributed by atoms with Crippen molar-refractivity contribution in [2.75, 3.05) is 0 Å². The smallest absolute Gasteiger partial charge is 0.317 e. The highest BCUT2D eigenvalue weighted by Gasteiger charge is 2.21. The maximum atomic E-state index is 11.6. The van der Waals surface area contributed by atoms with Gasteiger partial charge in [-0.15, -0.1) is 0 Å². The number of aryl methyl sites for hydroxylation is 2. The number of hydrogen-bond acceptors (Lipinski definition) is 3. The van der Waals surface area contributed by atoms with Crippen molar-refractivity contribution >= 4 is 28.8 Å². The molecule has 0 saturated carbocycles. The van der Waals surface area contributed by atoms with Crippen LogP contribution in [0.5, 0.6) is 0 Å². The van der Waals surface area contributed by atoms with Gasteiger partial charge in [-0.05, 0) is 43.5 Å². The summed E-state index contributed by atoms with van der Waals surface area (Å²) in [6, 6.07) is 13.9. The van der Waals surface area contributed by atoms with Crippen LogP contribution in [0.4, 0.5) is 0 Å². The van der Waals surface area contributed by atoms with Crippen LogP contribution in [0.25, 0.3) is 11.0 Å². The third kappa shape index (κ3) is 3.74. The van der Waals surface area contributed by atoms with Gasteiger partial charge in [0.1, 0.15) is 5.25 Å². The Morgan fingerprint density at radius 3 is 2.57 bits per heavy atom. The lowest BCUT2D eigenvalue weighted by Crippen LogP contribution is -2.19. The Morgan fingerprint density at radius 1 is 1.17 bits per heavy atom. The van der Waals surface area contributed by atoms with Gasteiger partial charge < -0.3 is 10.1 Å². The number of nitrogens with one attached hydrogen (secondary N) is 1. The quantitative estimate of drug-likeness (QED) is 0.696. The van der Waals surface area contributed by atoms with Gasteiger partial charge in [-0.2, -0.15) is 0 Å². The summed E-state index contributed by atoms with van der Waals surface area (Å²) in [4.78, 5) is 19.3. The van der Waals surface area contributed by atoms with Crippen LogP contribution in [0, 0.1) is 13.8 Å². The largest absolute Gasteiger partial charge is 0.480 e. The predicted molar refractivity (Wildman–Crippen MR) is 93.0 cm³/mol. The number of hydrogen-bond donors (Lipinski definition) is 2. The number of fused-ring (bicyclic) bond motifs is 1. The monoisotopic (exact) mass is 326 g/mol. The molecule has 4 nitrogen and oxygen atoms in total. The van der Waals surface area contributed by atoms with Crippen LogP contribution < -0.4 is 0 Å². The van der Waals surface area contributed by atoms with Gasteiger partial charge in [0.25, 0.3) is 0 Å². The average Bonchev–Trinajstić information content (AvgIpc) is 2.90. The second-order valence-corrected chi connectivity index (χ2v) is 6.89. The van der Waals surface area contributed by atoms with E-state index in [4.69, 9.17) is 0 Å². The first-order chi connectivity index (χ1) is 11.0. The highest BCUT2D eigenvalue weighted by Crippen LogP contribution is 2.26. The van der Waals surface area contributed by atoms with E-state index in [1.165, 1.54) is 17.3 Å². The van der Waals surface area contributed by atoms with Gasteiger partial charge in [-0.1, -0.05) is 47.7 Å². The molecule has 0 unspecified atom stereocenters. The molecule has 0 radical (unpaired) electrons. The number of benzene rings is 2. The lowest BCUT2D eigenvalue weighted by atomic mass is 10.1. The molecule has 23 heavy (non-hydrogen) atoms. The van der Waals surface area contributed by atoms with Crippen LogP contribution in [0.1, 0.15) is 16.7 Å². The maximum Gasteiger partial charge on any atom is 0.317 e. The third-order valence-electron chi connectivity index (χ3n) is 3.69. The molecule has 5 heteroatoms. The molecule has 0 saturated heterocycles. The molecular formula is C18H18N2O2S. The molecule has 0 fully saturated rings. The molecule has 3 rings (SSSR count). The molecule has 0 bridgehead atoms. The van der Waals surface area contributed by atoms with Crippen LogP contribution in [0.2, 0.25) is 0 Å². The van der Waals surface area contributed by atoms with Crippen LogP contribution in [-0.4, -0.2) is 26.3 Å². The van der Waals surface area contributed by atoms with E-state index in [2.05, 4.69) is 9.97 Å². The molecule has 2 N–H and O–H groups in total. The van der Waals surface area contributed by atoms with Crippen molar-refractivity contribution in [3.63, 3.8) is 0 Å². The molecular weight excluding hydrogens is 308 g/mol. The number of carbonyl (C=O) groups is 1. The van der Waals surface area contributed by atoms with E-state index in [1.807, 2.05) is 56.3 Å². The van der Waals surface area contributed by atoms with E-state index in [9.17, 15) is 9.90 Å². The van der Waals surface area contributed by atoms with Crippen molar-refractivity contribution in [1.82, 2.24) is 9.97 Å². The molecule has 3 aromatic rings. The van der Waals surface area contributed by atoms with E-state index in [0.717, 1.165) is 22.2 Å². The number of carboxylic acids is 1. The Hall–Kier alpha value is -2.27. The van der Waals surface area contributed by atoms with Crippen molar-refractivity contribution in [2.45, 2.75) is 30.7 Å². The standard InChI is InChI=1S/C18H18N2O2S/c1-11-3-6-13(7-4-11)10-16(17(21)22)23-18-19-14-8-5-12(2)9-15(14)20-18/h3-9,16H,10H2,1-2H3,(H,19,20)(H,21,22)/t16-/m1/s1. The van der Waals surface area contributed by atoms with Gasteiger partial charge in [0.2, 0.25) is 0 Å². The first-order valence-corrected chi connectivity index (χ1v) is 8.30. The topological polar surface area (TPSA) is 66.0 Å². The zero-order valence-electron chi connectivity index (χ0n) is 13.0. The molecule has 1 atom stereocenters. The van der Waals surface area contributed by atoms with Crippen molar-refractivity contribution in [3.8, 4) is 0 Å². The third-order valence-corrected chi connectivity index (χ3v) is 4.76. The maximum absolute atomic E-state index is 11.6. The molecule has 0 aliphatic carbocycles. The normalized spacial score (nSPS) is 12.4. The van der Waals surface area contributed by atoms with Gasteiger partial charge in [0, 0.05) is 0 Å². The molecule has 2 aromatic carbocycles. The van der Waals surface area contributed by atoms with Crippen molar-refractivity contribution < 1.29 is 9.90 Å². The van der Waals surface area contributed by atoms with E-state index in [1.54, 1.807) is 0 Å². The zero-order valence-corrected chi connectivity index (χ0v) is 13.9. The van der Waals surface area contributed by atoms with Gasteiger partial charge in [-0.25, -0.2) is 4.98 Å². The average molecular weight is 326 g/mol. The SMILES string of the molecule is Cc1ccc(C[C@@H](Sc2nc3ccc(C)cc3[nH]2)C(=O)O)cc1. The van der Waals surface area contributed by atoms with E-state index in [-0.39, 0.29) is 0 Å². The summed E-state index contributed by atoms with van der Waals surface area (Å²) in [7, 11) is 0. The van der Waals surface area contributed by atoms with Gasteiger partial charge in [0.15, 0.2) is 5.16 Å². The number of aromatic amines is 1. The van der Waals surface area contributed by atoms with Gasteiger partial charge in [-0.3, -0.25) is 4.79 Å². The minimum Gasteiger partial charge on any atom is -0.480 e. The Labute approximate surface area is 139 Å². The fourth-order valence-electron chi connectivity index (χ4n) is 2.41. The molecule has 0 spiro atoms. The number of thioether (sulfide) groups is 1. The second-order valence-electron chi connectivity index (χ2n) is 5.70. The summed E-state index contributed by atoms with van der Waals surface area (Å²) < 4.78 is 0. The molecule has 118 valence electrons. The molecule has 1 heterocycles.